The third-order valence-electron chi connectivity index (χ3n) is 3.87. The number of anilines is 2. The Labute approximate surface area is 163 Å². The number of nitrogens with one attached hydrogen (secondary N) is 2. The van der Waals surface area contributed by atoms with Gasteiger partial charge in [0.2, 0.25) is 0 Å². The van der Waals surface area contributed by atoms with Crippen LogP contribution in [0.25, 0.3) is 0 Å². The SMILES string of the molecule is Cc1cc(F)ccc1S(=O)(=O)Nc1ccc(S(=O)(=O)Nc2ccccc2)cc1. The summed E-state index contributed by atoms with van der Waals surface area (Å²) >= 11 is 0. The highest BCUT2D eigenvalue weighted by Gasteiger charge is 2.18. The predicted molar refractivity (Wildman–Crippen MR) is 106 cm³/mol. The topological polar surface area (TPSA) is 92.3 Å². The molecule has 0 saturated carbocycles. The normalized spacial score (nSPS) is 11.8. The predicted octanol–water partition coefficient (Wildman–Crippen LogP) is 3.74. The highest BCUT2D eigenvalue weighted by molar-refractivity contribution is 7.93. The van der Waals surface area contributed by atoms with E-state index in [1.165, 1.54) is 37.3 Å². The number of para-hydroxylation sites is 1. The molecule has 3 rings (SSSR count). The Bertz CT molecular complexity index is 1190. The van der Waals surface area contributed by atoms with Gasteiger partial charge >= 0.3 is 0 Å². The maximum atomic E-state index is 13.2. The van der Waals surface area contributed by atoms with E-state index in [0.717, 1.165) is 12.1 Å². The molecule has 0 fully saturated rings. The van der Waals surface area contributed by atoms with Gasteiger partial charge in [-0.3, -0.25) is 9.44 Å². The minimum atomic E-state index is -3.94. The average Bonchev–Trinajstić information content (AvgIpc) is 2.62. The highest BCUT2D eigenvalue weighted by Crippen LogP contribution is 2.22. The minimum Gasteiger partial charge on any atom is -0.280 e. The van der Waals surface area contributed by atoms with Gasteiger partial charge < -0.3 is 0 Å². The van der Waals surface area contributed by atoms with Crippen molar-refractivity contribution in [2.75, 3.05) is 9.44 Å². The van der Waals surface area contributed by atoms with Crippen molar-refractivity contribution >= 4 is 31.4 Å². The van der Waals surface area contributed by atoms with E-state index in [9.17, 15) is 21.2 Å². The zero-order valence-electron chi connectivity index (χ0n) is 14.8. The first-order valence-electron chi connectivity index (χ1n) is 8.14. The molecule has 0 aromatic heterocycles. The fourth-order valence-electron chi connectivity index (χ4n) is 2.55. The van der Waals surface area contributed by atoms with Crippen LogP contribution in [0.5, 0.6) is 0 Å². The fraction of sp³-hybridized carbons (Fsp3) is 0.0526. The first-order chi connectivity index (χ1) is 13.2. The summed E-state index contributed by atoms with van der Waals surface area (Å²) in [6.45, 7) is 1.49. The van der Waals surface area contributed by atoms with E-state index in [0.29, 0.717) is 5.69 Å². The van der Waals surface area contributed by atoms with E-state index in [2.05, 4.69) is 9.44 Å². The Balaban J connectivity index is 1.81. The average molecular weight is 420 g/mol. The van der Waals surface area contributed by atoms with Crippen molar-refractivity contribution in [3.05, 3.63) is 84.2 Å². The smallest absolute Gasteiger partial charge is 0.262 e. The highest BCUT2D eigenvalue weighted by atomic mass is 32.2. The number of aryl methyl sites for hydroxylation is 1. The van der Waals surface area contributed by atoms with E-state index < -0.39 is 25.9 Å². The van der Waals surface area contributed by atoms with Crippen molar-refractivity contribution in [3.63, 3.8) is 0 Å². The summed E-state index contributed by atoms with van der Waals surface area (Å²) in [5, 5.41) is 0. The number of hydrogen-bond acceptors (Lipinski definition) is 4. The first-order valence-corrected chi connectivity index (χ1v) is 11.1. The molecule has 0 radical (unpaired) electrons. The van der Waals surface area contributed by atoms with Gasteiger partial charge in [-0.2, -0.15) is 0 Å². The molecular weight excluding hydrogens is 403 g/mol. The van der Waals surface area contributed by atoms with Gasteiger partial charge in [-0.15, -0.1) is 0 Å². The second kappa shape index (κ2) is 7.61. The van der Waals surface area contributed by atoms with Crippen LogP contribution in [-0.4, -0.2) is 16.8 Å². The Morgan fingerprint density at radius 1 is 0.714 bits per heavy atom. The molecule has 28 heavy (non-hydrogen) atoms. The van der Waals surface area contributed by atoms with Crippen molar-refractivity contribution < 1.29 is 21.2 Å². The molecule has 0 unspecified atom stereocenters. The largest absolute Gasteiger partial charge is 0.280 e. The Morgan fingerprint density at radius 3 is 1.89 bits per heavy atom. The van der Waals surface area contributed by atoms with Gasteiger partial charge in [0.15, 0.2) is 0 Å². The van der Waals surface area contributed by atoms with E-state index >= 15 is 0 Å². The fourth-order valence-corrected chi connectivity index (χ4v) is 4.89. The molecule has 0 aliphatic carbocycles. The van der Waals surface area contributed by atoms with Crippen LogP contribution in [-0.2, 0) is 20.0 Å². The molecule has 0 bridgehead atoms. The van der Waals surface area contributed by atoms with Crippen LogP contribution >= 0.6 is 0 Å². The quantitative estimate of drug-likeness (QED) is 0.635. The third kappa shape index (κ3) is 4.49. The number of sulfonamides is 2. The van der Waals surface area contributed by atoms with E-state index in [4.69, 9.17) is 0 Å². The molecule has 0 amide bonds. The molecular formula is C19H17FN2O4S2. The second-order valence-corrected chi connectivity index (χ2v) is 9.34. The van der Waals surface area contributed by atoms with Crippen molar-refractivity contribution in [3.8, 4) is 0 Å². The summed E-state index contributed by atoms with van der Waals surface area (Å²) in [4.78, 5) is -0.0754. The lowest BCUT2D eigenvalue weighted by molar-refractivity contribution is 0.598. The molecule has 0 aliphatic rings. The minimum absolute atomic E-state index is 0.0164. The van der Waals surface area contributed by atoms with Crippen LogP contribution in [0.3, 0.4) is 0 Å². The van der Waals surface area contributed by atoms with E-state index in [1.807, 2.05) is 0 Å². The maximum Gasteiger partial charge on any atom is 0.262 e. The van der Waals surface area contributed by atoms with Crippen molar-refractivity contribution in [1.29, 1.82) is 0 Å². The molecule has 0 saturated heterocycles. The monoisotopic (exact) mass is 420 g/mol. The lowest BCUT2D eigenvalue weighted by atomic mass is 10.2. The van der Waals surface area contributed by atoms with Crippen LogP contribution < -0.4 is 9.44 Å². The zero-order valence-corrected chi connectivity index (χ0v) is 16.4. The molecule has 0 atom stereocenters. The Morgan fingerprint density at radius 2 is 1.29 bits per heavy atom. The number of halogens is 1. The molecule has 6 nitrogen and oxygen atoms in total. The zero-order chi connectivity index (χ0) is 20.4. The van der Waals surface area contributed by atoms with Crippen LogP contribution in [0.15, 0.2) is 82.6 Å². The number of rotatable bonds is 6. The third-order valence-corrected chi connectivity index (χ3v) is 6.81. The summed E-state index contributed by atoms with van der Waals surface area (Å²) in [6.07, 6.45) is 0. The van der Waals surface area contributed by atoms with Gasteiger partial charge in [-0.05, 0) is 67.1 Å². The molecule has 3 aromatic carbocycles. The van der Waals surface area contributed by atoms with Gasteiger partial charge in [0, 0.05) is 11.4 Å². The second-order valence-electron chi connectivity index (χ2n) is 6.01. The van der Waals surface area contributed by atoms with Crippen molar-refractivity contribution in [2.24, 2.45) is 0 Å². The van der Waals surface area contributed by atoms with Gasteiger partial charge in [-0.25, -0.2) is 21.2 Å². The van der Waals surface area contributed by atoms with E-state index in [-0.39, 0.29) is 21.0 Å². The summed E-state index contributed by atoms with van der Waals surface area (Å²) in [5.41, 5.74) is 0.861. The standard InChI is InChI=1S/C19H17FN2O4S2/c1-14-13-15(20)7-12-19(14)28(25,26)22-17-8-10-18(11-9-17)27(23,24)21-16-5-3-2-4-6-16/h2-13,21-22H,1H3. The maximum absolute atomic E-state index is 13.2. The van der Waals surface area contributed by atoms with Crippen LogP contribution in [0, 0.1) is 12.7 Å². The number of hydrogen-bond donors (Lipinski definition) is 2. The van der Waals surface area contributed by atoms with Crippen LogP contribution in [0.2, 0.25) is 0 Å². The lowest BCUT2D eigenvalue weighted by Crippen LogP contribution is -2.15. The molecule has 0 spiro atoms. The van der Waals surface area contributed by atoms with E-state index in [1.54, 1.807) is 30.3 Å². The molecule has 9 heteroatoms. The van der Waals surface area contributed by atoms with Crippen molar-refractivity contribution in [1.82, 2.24) is 0 Å². The van der Waals surface area contributed by atoms with Gasteiger partial charge in [0.25, 0.3) is 20.0 Å². The summed E-state index contributed by atoms with van der Waals surface area (Å²) in [6, 6.07) is 17.0. The van der Waals surface area contributed by atoms with Crippen LogP contribution in [0.4, 0.5) is 15.8 Å². The summed E-state index contributed by atoms with van der Waals surface area (Å²) < 4.78 is 67.8. The molecule has 2 N–H and O–H groups in total. The molecule has 3 aromatic rings. The molecule has 146 valence electrons. The molecule has 0 aliphatic heterocycles. The molecule has 0 heterocycles. The van der Waals surface area contributed by atoms with Crippen LogP contribution in [0.1, 0.15) is 5.56 Å². The summed E-state index contributed by atoms with van der Waals surface area (Å²) in [5.74, 6) is -0.531. The van der Waals surface area contributed by atoms with Gasteiger partial charge in [0.05, 0.1) is 9.79 Å². The van der Waals surface area contributed by atoms with Crippen molar-refractivity contribution in [2.45, 2.75) is 16.7 Å². The first kappa shape index (κ1) is 19.8. The Hall–Kier alpha value is -2.91. The number of benzene rings is 3. The Kier molecular flexibility index (Phi) is 5.39. The summed E-state index contributed by atoms with van der Waals surface area (Å²) in [7, 11) is -7.75. The van der Waals surface area contributed by atoms with Gasteiger partial charge in [-0.1, -0.05) is 18.2 Å². The van der Waals surface area contributed by atoms with Gasteiger partial charge in [0.1, 0.15) is 5.82 Å². The lowest BCUT2D eigenvalue weighted by Gasteiger charge is -2.12.